The van der Waals surface area contributed by atoms with E-state index in [-0.39, 0.29) is 11.9 Å². The van der Waals surface area contributed by atoms with Gasteiger partial charge in [0.05, 0.1) is 6.61 Å². The van der Waals surface area contributed by atoms with Crippen LogP contribution in [0.4, 0.5) is 0 Å². The van der Waals surface area contributed by atoms with Crippen LogP contribution in [0.2, 0.25) is 0 Å². The highest BCUT2D eigenvalue weighted by Gasteiger charge is 2.03. The first-order valence-electron chi connectivity index (χ1n) is 17.8. The largest absolute Gasteiger partial charge is 0.481 e. The van der Waals surface area contributed by atoms with Crippen molar-refractivity contribution in [2.75, 3.05) is 33.4 Å². The van der Waals surface area contributed by atoms with Crippen LogP contribution in [0.25, 0.3) is 0 Å². The van der Waals surface area contributed by atoms with E-state index >= 15 is 0 Å². The second-order valence-electron chi connectivity index (χ2n) is 12.2. The van der Waals surface area contributed by atoms with Gasteiger partial charge in [0.2, 0.25) is 0 Å². The topological polar surface area (TPSA) is 93.1 Å². The van der Waals surface area contributed by atoms with E-state index in [2.05, 4.69) is 24.1 Å². The van der Waals surface area contributed by atoms with Crippen molar-refractivity contribution >= 4 is 17.9 Å². The van der Waals surface area contributed by atoms with Crippen molar-refractivity contribution in [2.45, 2.75) is 167 Å². The molecule has 0 atom stereocenters. The Hall–Kier alpha value is -1.89. The number of ether oxygens (including phenoxy) is 2. The molecule has 43 heavy (non-hydrogen) atoms. The van der Waals surface area contributed by atoms with Gasteiger partial charge in [0, 0.05) is 26.3 Å². The van der Waals surface area contributed by atoms with Crippen LogP contribution in [0.1, 0.15) is 167 Å². The minimum absolute atomic E-state index is 0.0275. The first kappa shape index (κ1) is 41.1. The summed E-state index contributed by atoms with van der Waals surface area (Å²) < 4.78 is 10.4. The molecule has 0 rings (SSSR count). The van der Waals surface area contributed by atoms with Crippen LogP contribution >= 0.6 is 0 Å². The molecule has 0 heterocycles. The fourth-order valence-electron chi connectivity index (χ4n) is 5.16. The van der Waals surface area contributed by atoms with E-state index in [9.17, 15) is 14.4 Å². The van der Waals surface area contributed by atoms with Crippen LogP contribution in [-0.4, -0.2) is 61.3 Å². The van der Waals surface area contributed by atoms with Gasteiger partial charge in [-0.25, -0.2) is 0 Å². The summed E-state index contributed by atoms with van der Waals surface area (Å²) in [5, 5.41) is 8.62. The number of carbonyl (C=O) groups excluding carboxylic acids is 2. The zero-order valence-electron chi connectivity index (χ0n) is 28.1. The van der Waals surface area contributed by atoms with Crippen molar-refractivity contribution < 1.29 is 29.0 Å². The molecule has 7 nitrogen and oxygen atoms in total. The monoisotopic (exact) mass is 609 g/mol. The summed E-state index contributed by atoms with van der Waals surface area (Å²) in [4.78, 5) is 35.4. The molecule has 0 aromatic rings. The SMILES string of the molecule is CC(=O)OCCN(C)CCCCCCCCCCCOC(=O)CCCCCCCC/C=C/CCCCCCCCC(=O)O. The van der Waals surface area contributed by atoms with Gasteiger partial charge in [0.25, 0.3) is 0 Å². The van der Waals surface area contributed by atoms with E-state index in [0.717, 1.165) is 64.5 Å². The zero-order chi connectivity index (χ0) is 31.6. The highest BCUT2D eigenvalue weighted by atomic mass is 16.5. The molecule has 0 amide bonds. The van der Waals surface area contributed by atoms with Gasteiger partial charge in [0.1, 0.15) is 6.61 Å². The number of hydrogen-bond acceptors (Lipinski definition) is 6. The van der Waals surface area contributed by atoms with Crippen molar-refractivity contribution in [1.29, 1.82) is 0 Å². The van der Waals surface area contributed by atoms with E-state index in [1.807, 2.05) is 0 Å². The predicted octanol–water partition coefficient (Wildman–Crippen LogP) is 9.42. The third-order valence-electron chi connectivity index (χ3n) is 7.91. The van der Waals surface area contributed by atoms with Crippen LogP contribution in [0.3, 0.4) is 0 Å². The number of aliphatic carboxylic acids is 1. The lowest BCUT2D eigenvalue weighted by Gasteiger charge is -2.15. The summed E-state index contributed by atoms with van der Waals surface area (Å²) in [6.07, 6.45) is 32.6. The smallest absolute Gasteiger partial charge is 0.305 e. The molecule has 0 fully saturated rings. The maximum absolute atomic E-state index is 11.9. The van der Waals surface area contributed by atoms with Crippen molar-refractivity contribution in [3.05, 3.63) is 12.2 Å². The Balaban J connectivity index is 3.26. The van der Waals surface area contributed by atoms with Gasteiger partial charge in [-0.15, -0.1) is 0 Å². The van der Waals surface area contributed by atoms with Crippen LogP contribution < -0.4 is 0 Å². The maximum Gasteiger partial charge on any atom is 0.305 e. The Morgan fingerprint density at radius 3 is 1.49 bits per heavy atom. The number of carboxylic acids is 1. The zero-order valence-corrected chi connectivity index (χ0v) is 28.1. The van der Waals surface area contributed by atoms with E-state index in [1.165, 1.54) is 103 Å². The molecule has 0 spiro atoms. The molecule has 0 aliphatic carbocycles. The molecule has 0 aromatic carbocycles. The van der Waals surface area contributed by atoms with E-state index in [1.54, 1.807) is 0 Å². The van der Waals surface area contributed by atoms with Gasteiger partial charge in [-0.05, 0) is 65.0 Å². The number of carboxylic acid groups (broad SMARTS) is 1. The summed E-state index contributed by atoms with van der Waals surface area (Å²) in [6, 6.07) is 0. The molecular formula is C36H67NO6. The Morgan fingerprint density at radius 1 is 0.535 bits per heavy atom. The second-order valence-corrected chi connectivity index (χ2v) is 12.2. The molecule has 0 bridgehead atoms. The Labute approximate surface area is 264 Å². The van der Waals surface area contributed by atoms with Crippen LogP contribution in [-0.2, 0) is 23.9 Å². The lowest BCUT2D eigenvalue weighted by Crippen LogP contribution is -2.25. The number of hydrogen-bond donors (Lipinski definition) is 1. The predicted molar refractivity (Wildman–Crippen MR) is 177 cm³/mol. The van der Waals surface area contributed by atoms with Gasteiger partial charge in [-0.3, -0.25) is 14.4 Å². The third-order valence-corrected chi connectivity index (χ3v) is 7.91. The highest BCUT2D eigenvalue weighted by molar-refractivity contribution is 5.69. The lowest BCUT2D eigenvalue weighted by atomic mass is 10.1. The number of nitrogens with zero attached hydrogens (tertiary/aromatic N) is 1. The molecule has 0 radical (unpaired) electrons. The van der Waals surface area contributed by atoms with Gasteiger partial charge in [0.15, 0.2) is 0 Å². The molecule has 252 valence electrons. The van der Waals surface area contributed by atoms with Crippen molar-refractivity contribution in [3.63, 3.8) is 0 Å². The van der Waals surface area contributed by atoms with Crippen LogP contribution in [0, 0.1) is 0 Å². The number of carbonyl (C=O) groups is 3. The average Bonchev–Trinajstić information content (AvgIpc) is 2.96. The molecule has 0 unspecified atom stereocenters. The van der Waals surface area contributed by atoms with Crippen molar-refractivity contribution in [1.82, 2.24) is 4.90 Å². The van der Waals surface area contributed by atoms with Crippen LogP contribution in [0.15, 0.2) is 12.2 Å². The quantitative estimate of drug-likeness (QED) is 0.0450. The molecule has 7 heteroatoms. The third kappa shape index (κ3) is 36.2. The highest BCUT2D eigenvalue weighted by Crippen LogP contribution is 2.13. The summed E-state index contributed by atoms with van der Waals surface area (Å²) in [5.74, 6) is -0.913. The number of esters is 2. The molecule has 0 saturated heterocycles. The molecule has 0 saturated carbocycles. The molecule has 1 N–H and O–H groups in total. The fourth-order valence-corrected chi connectivity index (χ4v) is 5.16. The Morgan fingerprint density at radius 2 is 0.977 bits per heavy atom. The fraction of sp³-hybridized carbons (Fsp3) is 0.861. The summed E-state index contributed by atoms with van der Waals surface area (Å²) in [6.45, 7) is 4.37. The van der Waals surface area contributed by atoms with Crippen molar-refractivity contribution in [2.24, 2.45) is 0 Å². The number of allylic oxidation sites excluding steroid dienone is 2. The standard InChI is InChI=1S/C36H67NO6/c1-34(38)42-33-31-37(2)30-26-22-18-14-11-15-19-23-27-32-43-36(41)29-25-21-17-13-10-8-6-4-3-5-7-9-12-16-20-24-28-35(39)40/h3-4H,5-33H2,1-2H3,(H,39,40)/b4-3+. The summed E-state index contributed by atoms with van der Waals surface area (Å²) >= 11 is 0. The van der Waals surface area contributed by atoms with E-state index in [4.69, 9.17) is 14.6 Å². The molecule has 0 aromatic heterocycles. The summed E-state index contributed by atoms with van der Waals surface area (Å²) in [5.41, 5.74) is 0. The summed E-state index contributed by atoms with van der Waals surface area (Å²) in [7, 11) is 2.08. The van der Waals surface area contributed by atoms with E-state index in [0.29, 0.717) is 26.1 Å². The second kappa shape index (κ2) is 33.0. The van der Waals surface area contributed by atoms with Gasteiger partial charge >= 0.3 is 17.9 Å². The van der Waals surface area contributed by atoms with Crippen LogP contribution in [0.5, 0.6) is 0 Å². The normalized spacial score (nSPS) is 11.4. The lowest BCUT2D eigenvalue weighted by molar-refractivity contribution is -0.144. The number of likely N-dealkylation sites (N-methyl/N-ethyl adjacent to an activating group) is 1. The number of unbranched alkanes of at least 4 members (excludes halogenated alkanes) is 20. The minimum Gasteiger partial charge on any atom is -0.481 e. The number of rotatable bonds is 33. The Bertz CT molecular complexity index is 681. The molecular weight excluding hydrogens is 542 g/mol. The van der Waals surface area contributed by atoms with Gasteiger partial charge in [-0.1, -0.05) is 108 Å². The average molecular weight is 610 g/mol. The molecule has 0 aliphatic rings. The van der Waals surface area contributed by atoms with Gasteiger partial charge in [-0.2, -0.15) is 0 Å². The first-order chi connectivity index (χ1) is 20.9. The first-order valence-corrected chi connectivity index (χ1v) is 17.8. The maximum atomic E-state index is 11.9. The minimum atomic E-state index is -0.679. The van der Waals surface area contributed by atoms with E-state index < -0.39 is 5.97 Å². The molecule has 0 aliphatic heterocycles. The van der Waals surface area contributed by atoms with Gasteiger partial charge < -0.3 is 19.5 Å². The Kier molecular flexibility index (Phi) is 31.6. The van der Waals surface area contributed by atoms with Crippen molar-refractivity contribution in [3.8, 4) is 0 Å².